The van der Waals surface area contributed by atoms with Crippen LogP contribution < -0.4 is 5.73 Å². The highest BCUT2D eigenvalue weighted by Gasteiger charge is 2.06. The van der Waals surface area contributed by atoms with Gasteiger partial charge in [-0.05, 0) is 31.0 Å². The molecule has 0 saturated heterocycles. The molecule has 2 rings (SSSR count). The van der Waals surface area contributed by atoms with Gasteiger partial charge in [0.25, 0.3) is 0 Å². The Bertz CT molecular complexity index is 447. The van der Waals surface area contributed by atoms with E-state index < -0.39 is 0 Å². The lowest BCUT2D eigenvalue weighted by atomic mass is 10.1. The van der Waals surface area contributed by atoms with Crippen LogP contribution in [0.25, 0.3) is 11.0 Å². The summed E-state index contributed by atoms with van der Waals surface area (Å²) in [5, 5.41) is 0.531. The van der Waals surface area contributed by atoms with Crippen LogP contribution in [0.3, 0.4) is 0 Å². The van der Waals surface area contributed by atoms with Crippen molar-refractivity contribution in [2.75, 3.05) is 0 Å². The number of benzene rings is 1. The third-order valence-corrected chi connectivity index (χ3v) is 2.15. The van der Waals surface area contributed by atoms with Crippen LogP contribution in [0.4, 0.5) is 4.39 Å². The van der Waals surface area contributed by atoms with Crippen LogP contribution in [0.1, 0.15) is 12.5 Å². The maximum absolute atomic E-state index is 13.1. The van der Waals surface area contributed by atoms with E-state index in [1.54, 1.807) is 12.1 Å². The summed E-state index contributed by atoms with van der Waals surface area (Å²) in [5.74, 6) is -0.313. The molecule has 0 saturated carbocycles. The molecule has 1 aromatic heterocycles. The van der Waals surface area contributed by atoms with Gasteiger partial charge in [-0.25, -0.2) is 4.39 Å². The largest absolute Gasteiger partial charge is 0.461 e. The molecule has 14 heavy (non-hydrogen) atoms. The molecule has 2 aromatic rings. The summed E-state index contributed by atoms with van der Waals surface area (Å²) in [6, 6.07) is 5.56. The molecule has 0 bridgehead atoms. The van der Waals surface area contributed by atoms with E-state index in [4.69, 9.17) is 10.2 Å². The molecular weight excluding hydrogens is 181 g/mol. The number of fused-ring (bicyclic) bond motifs is 1. The number of halogens is 1. The molecule has 1 atom stereocenters. The van der Waals surface area contributed by atoms with Crippen molar-refractivity contribution in [3.8, 4) is 0 Å². The topological polar surface area (TPSA) is 39.2 Å². The van der Waals surface area contributed by atoms with Crippen LogP contribution in [-0.4, -0.2) is 6.04 Å². The van der Waals surface area contributed by atoms with Gasteiger partial charge in [0, 0.05) is 6.04 Å². The summed E-state index contributed by atoms with van der Waals surface area (Å²) in [7, 11) is 0. The van der Waals surface area contributed by atoms with E-state index in [9.17, 15) is 4.39 Å². The Morgan fingerprint density at radius 3 is 3.00 bits per heavy atom. The standard InChI is InChI=1S/C11H12FNO/c1-7(13)4-8-2-3-11-9(5-8)10(12)6-14-11/h2-3,5-7H,4,13H2,1H3/t7-/m0/s1. The lowest BCUT2D eigenvalue weighted by Gasteiger charge is -2.04. The molecular formula is C11H12FNO. The second kappa shape index (κ2) is 3.42. The molecule has 0 aliphatic carbocycles. The van der Waals surface area contributed by atoms with Crippen molar-refractivity contribution in [2.24, 2.45) is 5.73 Å². The van der Waals surface area contributed by atoms with Crippen LogP contribution in [0.2, 0.25) is 0 Å². The number of hydrogen-bond donors (Lipinski definition) is 1. The van der Waals surface area contributed by atoms with E-state index in [0.717, 1.165) is 18.2 Å². The summed E-state index contributed by atoms with van der Waals surface area (Å²) >= 11 is 0. The van der Waals surface area contributed by atoms with Gasteiger partial charge in [-0.1, -0.05) is 6.07 Å². The maximum Gasteiger partial charge on any atom is 0.169 e. The van der Waals surface area contributed by atoms with Gasteiger partial charge in [0.2, 0.25) is 0 Å². The molecule has 2 N–H and O–H groups in total. The number of nitrogens with two attached hydrogens (primary N) is 1. The van der Waals surface area contributed by atoms with Crippen molar-refractivity contribution in [1.29, 1.82) is 0 Å². The molecule has 3 heteroatoms. The van der Waals surface area contributed by atoms with Gasteiger partial charge >= 0.3 is 0 Å². The third kappa shape index (κ3) is 1.63. The zero-order valence-corrected chi connectivity index (χ0v) is 7.96. The van der Waals surface area contributed by atoms with Crippen molar-refractivity contribution < 1.29 is 8.81 Å². The van der Waals surface area contributed by atoms with Gasteiger partial charge in [0.05, 0.1) is 5.39 Å². The molecule has 0 aliphatic heterocycles. The molecule has 74 valence electrons. The Balaban J connectivity index is 2.44. The average molecular weight is 193 g/mol. The molecule has 2 nitrogen and oxygen atoms in total. The second-order valence-corrected chi connectivity index (χ2v) is 3.60. The zero-order chi connectivity index (χ0) is 10.1. The smallest absolute Gasteiger partial charge is 0.169 e. The van der Waals surface area contributed by atoms with E-state index in [2.05, 4.69) is 0 Å². The zero-order valence-electron chi connectivity index (χ0n) is 7.96. The van der Waals surface area contributed by atoms with E-state index >= 15 is 0 Å². The Morgan fingerprint density at radius 1 is 1.50 bits per heavy atom. The summed E-state index contributed by atoms with van der Waals surface area (Å²) in [4.78, 5) is 0. The van der Waals surface area contributed by atoms with Crippen molar-refractivity contribution in [3.63, 3.8) is 0 Å². The lowest BCUT2D eigenvalue weighted by Crippen LogP contribution is -2.17. The summed E-state index contributed by atoms with van der Waals surface area (Å²) in [6.45, 7) is 1.93. The van der Waals surface area contributed by atoms with Gasteiger partial charge in [-0.15, -0.1) is 0 Å². The van der Waals surface area contributed by atoms with Crippen molar-refractivity contribution in [1.82, 2.24) is 0 Å². The summed E-state index contributed by atoms with van der Waals surface area (Å²) in [6.07, 6.45) is 1.88. The molecule has 0 amide bonds. The summed E-state index contributed by atoms with van der Waals surface area (Å²) < 4.78 is 18.1. The highest BCUT2D eigenvalue weighted by atomic mass is 19.1. The lowest BCUT2D eigenvalue weighted by molar-refractivity contribution is 0.558. The van der Waals surface area contributed by atoms with Crippen LogP contribution in [-0.2, 0) is 6.42 Å². The SMILES string of the molecule is C[C@H](N)Cc1ccc2occ(F)c2c1. The van der Waals surface area contributed by atoms with Gasteiger partial charge in [-0.2, -0.15) is 0 Å². The van der Waals surface area contributed by atoms with Crippen molar-refractivity contribution in [2.45, 2.75) is 19.4 Å². The normalized spacial score (nSPS) is 13.4. The van der Waals surface area contributed by atoms with E-state index in [1.807, 2.05) is 13.0 Å². The summed E-state index contributed by atoms with van der Waals surface area (Å²) in [5.41, 5.74) is 7.28. The van der Waals surface area contributed by atoms with E-state index in [0.29, 0.717) is 11.0 Å². The second-order valence-electron chi connectivity index (χ2n) is 3.60. The molecule has 0 unspecified atom stereocenters. The predicted octanol–water partition coefficient (Wildman–Crippen LogP) is 2.46. The fourth-order valence-electron chi connectivity index (χ4n) is 1.54. The van der Waals surface area contributed by atoms with Crippen LogP contribution in [0, 0.1) is 5.82 Å². The first-order valence-electron chi connectivity index (χ1n) is 4.58. The Hall–Kier alpha value is -1.35. The molecule has 0 fully saturated rings. The van der Waals surface area contributed by atoms with Gasteiger partial charge in [0.15, 0.2) is 5.82 Å². The number of hydrogen-bond acceptors (Lipinski definition) is 2. The Labute approximate surface area is 81.5 Å². The van der Waals surface area contributed by atoms with E-state index in [1.165, 1.54) is 0 Å². The first-order chi connectivity index (χ1) is 6.66. The van der Waals surface area contributed by atoms with Gasteiger partial charge in [0.1, 0.15) is 11.8 Å². The van der Waals surface area contributed by atoms with Gasteiger partial charge < -0.3 is 10.2 Å². The van der Waals surface area contributed by atoms with Crippen molar-refractivity contribution in [3.05, 3.63) is 35.8 Å². The van der Waals surface area contributed by atoms with E-state index in [-0.39, 0.29) is 11.9 Å². The minimum absolute atomic E-state index is 0.0856. The van der Waals surface area contributed by atoms with Crippen LogP contribution >= 0.6 is 0 Å². The Kier molecular flexibility index (Phi) is 2.25. The number of furan rings is 1. The van der Waals surface area contributed by atoms with Gasteiger partial charge in [-0.3, -0.25) is 0 Å². The fourth-order valence-corrected chi connectivity index (χ4v) is 1.54. The minimum atomic E-state index is -0.313. The maximum atomic E-state index is 13.1. The fraction of sp³-hybridized carbons (Fsp3) is 0.273. The molecule has 0 spiro atoms. The molecule has 1 heterocycles. The first kappa shape index (κ1) is 9.21. The molecule has 0 aliphatic rings. The highest BCUT2D eigenvalue weighted by Crippen LogP contribution is 2.21. The van der Waals surface area contributed by atoms with Crippen LogP contribution in [0.5, 0.6) is 0 Å². The Morgan fingerprint density at radius 2 is 2.29 bits per heavy atom. The molecule has 1 aromatic carbocycles. The van der Waals surface area contributed by atoms with Crippen LogP contribution in [0.15, 0.2) is 28.9 Å². The minimum Gasteiger partial charge on any atom is -0.461 e. The first-order valence-corrected chi connectivity index (χ1v) is 4.58. The quantitative estimate of drug-likeness (QED) is 0.795. The molecule has 0 radical (unpaired) electrons. The average Bonchev–Trinajstić information content (AvgIpc) is 2.47. The van der Waals surface area contributed by atoms with Crippen molar-refractivity contribution >= 4 is 11.0 Å². The predicted molar refractivity (Wildman–Crippen MR) is 53.5 cm³/mol. The highest BCUT2D eigenvalue weighted by molar-refractivity contribution is 5.78. The number of rotatable bonds is 2. The third-order valence-electron chi connectivity index (χ3n) is 2.15. The monoisotopic (exact) mass is 193 g/mol.